The molecule has 0 radical (unpaired) electrons. The standard InChI is InChI=1S/C16H15N3OS/c1-20-13-4-2-12(3-5-13)15-14(21-16(17)19-15)10-11-6-8-18-9-7-11/h2-9H,10H2,1H3,(H2,17,19). The number of aromatic nitrogens is 2. The lowest BCUT2D eigenvalue weighted by molar-refractivity contribution is 0.415. The third-order valence-electron chi connectivity index (χ3n) is 3.19. The third-order valence-corrected chi connectivity index (χ3v) is 4.08. The minimum atomic E-state index is 0.588. The van der Waals surface area contributed by atoms with E-state index >= 15 is 0 Å². The van der Waals surface area contributed by atoms with E-state index in [0.29, 0.717) is 5.13 Å². The topological polar surface area (TPSA) is 61.0 Å². The van der Waals surface area contributed by atoms with Gasteiger partial charge in [-0.1, -0.05) is 0 Å². The molecule has 2 N–H and O–H groups in total. The maximum absolute atomic E-state index is 5.90. The highest BCUT2D eigenvalue weighted by Crippen LogP contribution is 2.32. The van der Waals surface area contributed by atoms with Crippen LogP contribution >= 0.6 is 11.3 Å². The first kappa shape index (κ1) is 13.6. The van der Waals surface area contributed by atoms with Gasteiger partial charge in [-0.2, -0.15) is 0 Å². The zero-order valence-electron chi connectivity index (χ0n) is 11.6. The maximum Gasteiger partial charge on any atom is 0.180 e. The summed E-state index contributed by atoms with van der Waals surface area (Å²) >= 11 is 1.53. The van der Waals surface area contributed by atoms with Gasteiger partial charge in [-0.15, -0.1) is 11.3 Å². The van der Waals surface area contributed by atoms with Crippen molar-refractivity contribution in [2.45, 2.75) is 6.42 Å². The number of methoxy groups -OCH3 is 1. The van der Waals surface area contributed by atoms with E-state index in [0.717, 1.165) is 28.3 Å². The Hall–Kier alpha value is -2.40. The Morgan fingerprint density at radius 1 is 1.10 bits per heavy atom. The van der Waals surface area contributed by atoms with E-state index in [2.05, 4.69) is 9.97 Å². The second-order valence-corrected chi connectivity index (χ2v) is 5.70. The first-order valence-corrected chi connectivity index (χ1v) is 7.36. The number of hydrogen-bond acceptors (Lipinski definition) is 5. The predicted octanol–water partition coefficient (Wildman–Crippen LogP) is 3.39. The van der Waals surface area contributed by atoms with Crippen molar-refractivity contribution < 1.29 is 4.74 Å². The van der Waals surface area contributed by atoms with Gasteiger partial charge in [-0.3, -0.25) is 4.98 Å². The van der Waals surface area contributed by atoms with E-state index in [9.17, 15) is 0 Å². The number of thiazole rings is 1. The molecule has 0 spiro atoms. The number of rotatable bonds is 4. The fraction of sp³-hybridized carbons (Fsp3) is 0.125. The molecular weight excluding hydrogens is 282 g/mol. The molecular formula is C16H15N3OS. The van der Waals surface area contributed by atoms with Gasteiger partial charge < -0.3 is 10.5 Å². The van der Waals surface area contributed by atoms with Crippen molar-refractivity contribution in [3.63, 3.8) is 0 Å². The van der Waals surface area contributed by atoms with Crippen LogP contribution in [0.2, 0.25) is 0 Å². The van der Waals surface area contributed by atoms with Gasteiger partial charge in [0.1, 0.15) is 5.75 Å². The molecule has 0 bridgehead atoms. The number of nitrogens with two attached hydrogens (primary N) is 1. The molecule has 0 atom stereocenters. The van der Waals surface area contributed by atoms with E-state index in [1.54, 1.807) is 19.5 Å². The SMILES string of the molecule is COc1ccc(-c2nc(N)sc2Cc2ccncc2)cc1. The van der Waals surface area contributed by atoms with Crippen molar-refractivity contribution in [2.75, 3.05) is 12.8 Å². The molecule has 0 saturated heterocycles. The second kappa shape index (κ2) is 5.93. The lowest BCUT2D eigenvalue weighted by Gasteiger charge is -2.04. The highest BCUT2D eigenvalue weighted by molar-refractivity contribution is 7.15. The van der Waals surface area contributed by atoms with Crippen LogP contribution in [0.5, 0.6) is 5.75 Å². The Bertz CT molecular complexity index is 723. The van der Waals surface area contributed by atoms with Crippen LogP contribution in [0.25, 0.3) is 11.3 Å². The second-order valence-electron chi connectivity index (χ2n) is 4.58. The van der Waals surface area contributed by atoms with Gasteiger partial charge in [-0.25, -0.2) is 4.98 Å². The predicted molar refractivity (Wildman–Crippen MR) is 85.6 cm³/mol. The number of nitrogen functional groups attached to an aromatic ring is 1. The van der Waals surface area contributed by atoms with Crippen LogP contribution in [0.15, 0.2) is 48.8 Å². The Morgan fingerprint density at radius 3 is 2.48 bits per heavy atom. The largest absolute Gasteiger partial charge is 0.497 e. The molecule has 4 nitrogen and oxygen atoms in total. The smallest absolute Gasteiger partial charge is 0.180 e. The van der Waals surface area contributed by atoms with Crippen molar-refractivity contribution in [1.29, 1.82) is 0 Å². The lowest BCUT2D eigenvalue weighted by Crippen LogP contribution is -1.90. The summed E-state index contributed by atoms with van der Waals surface area (Å²) in [6, 6.07) is 11.9. The minimum Gasteiger partial charge on any atom is -0.497 e. The van der Waals surface area contributed by atoms with Gasteiger partial charge in [0.2, 0.25) is 0 Å². The van der Waals surface area contributed by atoms with E-state index in [4.69, 9.17) is 10.5 Å². The summed E-state index contributed by atoms with van der Waals surface area (Å²) in [6.45, 7) is 0. The Kier molecular flexibility index (Phi) is 3.83. The van der Waals surface area contributed by atoms with E-state index < -0.39 is 0 Å². The van der Waals surface area contributed by atoms with Gasteiger partial charge in [0.05, 0.1) is 12.8 Å². The van der Waals surface area contributed by atoms with Gasteiger partial charge >= 0.3 is 0 Å². The fourth-order valence-electron chi connectivity index (χ4n) is 2.15. The summed E-state index contributed by atoms with van der Waals surface area (Å²) in [5.41, 5.74) is 9.08. The monoisotopic (exact) mass is 297 g/mol. The van der Waals surface area contributed by atoms with E-state index in [1.165, 1.54) is 16.9 Å². The van der Waals surface area contributed by atoms with Crippen LogP contribution in [-0.2, 0) is 6.42 Å². The number of hydrogen-bond donors (Lipinski definition) is 1. The molecule has 1 aromatic carbocycles. The fourth-order valence-corrected chi connectivity index (χ4v) is 3.04. The third kappa shape index (κ3) is 3.03. The van der Waals surface area contributed by atoms with E-state index in [-0.39, 0.29) is 0 Å². The minimum absolute atomic E-state index is 0.588. The molecule has 3 aromatic rings. The Balaban J connectivity index is 1.95. The van der Waals surface area contributed by atoms with Gasteiger partial charge in [-0.05, 0) is 42.0 Å². The van der Waals surface area contributed by atoms with Crippen molar-refractivity contribution >= 4 is 16.5 Å². The molecule has 2 aromatic heterocycles. The molecule has 21 heavy (non-hydrogen) atoms. The summed E-state index contributed by atoms with van der Waals surface area (Å²) in [5.74, 6) is 0.831. The average Bonchev–Trinajstić information content (AvgIpc) is 2.89. The van der Waals surface area contributed by atoms with Crippen molar-refractivity contribution in [3.05, 3.63) is 59.2 Å². The van der Waals surface area contributed by atoms with Gasteiger partial charge in [0, 0.05) is 29.3 Å². The van der Waals surface area contributed by atoms with Crippen LogP contribution in [0, 0.1) is 0 Å². The molecule has 0 saturated carbocycles. The number of benzene rings is 1. The highest BCUT2D eigenvalue weighted by atomic mass is 32.1. The lowest BCUT2D eigenvalue weighted by atomic mass is 10.1. The van der Waals surface area contributed by atoms with Crippen LogP contribution in [-0.4, -0.2) is 17.1 Å². The quantitative estimate of drug-likeness (QED) is 0.802. The zero-order chi connectivity index (χ0) is 14.7. The van der Waals surface area contributed by atoms with Crippen molar-refractivity contribution in [2.24, 2.45) is 0 Å². The van der Waals surface area contributed by atoms with Gasteiger partial charge in [0.25, 0.3) is 0 Å². The molecule has 3 rings (SSSR count). The van der Waals surface area contributed by atoms with Crippen LogP contribution in [0.3, 0.4) is 0 Å². The average molecular weight is 297 g/mol. The summed E-state index contributed by atoms with van der Waals surface area (Å²) < 4.78 is 5.19. The number of nitrogens with zero attached hydrogens (tertiary/aromatic N) is 2. The first-order valence-electron chi connectivity index (χ1n) is 6.55. The summed E-state index contributed by atoms with van der Waals surface area (Å²) in [6.07, 6.45) is 4.40. The van der Waals surface area contributed by atoms with Crippen molar-refractivity contribution in [1.82, 2.24) is 9.97 Å². The van der Waals surface area contributed by atoms with Crippen LogP contribution in [0.1, 0.15) is 10.4 Å². The zero-order valence-corrected chi connectivity index (χ0v) is 12.4. The first-order chi connectivity index (χ1) is 10.3. The van der Waals surface area contributed by atoms with E-state index in [1.807, 2.05) is 36.4 Å². The van der Waals surface area contributed by atoms with Crippen LogP contribution in [0.4, 0.5) is 5.13 Å². The summed E-state index contributed by atoms with van der Waals surface area (Å²) in [7, 11) is 1.66. The maximum atomic E-state index is 5.90. The molecule has 0 unspecified atom stereocenters. The van der Waals surface area contributed by atoms with Crippen LogP contribution < -0.4 is 10.5 Å². The van der Waals surface area contributed by atoms with Gasteiger partial charge in [0.15, 0.2) is 5.13 Å². The molecule has 0 fully saturated rings. The molecule has 0 aliphatic rings. The normalized spacial score (nSPS) is 10.5. The van der Waals surface area contributed by atoms with Crippen molar-refractivity contribution in [3.8, 4) is 17.0 Å². The molecule has 2 heterocycles. The Morgan fingerprint density at radius 2 is 1.81 bits per heavy atom. The molecule has 0 amide bonds. The Labute approximate surface area is 127 Å². The number of pyridine rings is 1. The number of anilines is 1. The highest BCUT2D eigenvalue weighted by Gasteiger charge is 2.12. The summed E-state index contributed by atoms with van der Waals surface area (Å²) in [5, 5.41) is 0.588. The molecule has 0 aliphatic carbocycles. The summed E-state index contributed by atoms with van der Waals surface area (Å²) in [4.78, 5) is 9.67. The number of ether oxygens (including phenoxy) is 1. The molecule has 5 heteroatoms. The molecule has 106 valence electrons. The molecule has 0 aliphatic heterocycles.